The zero-order valence-corrected chi connectivity index (χ0v) is 13.0. The van der Waals surface area contributed by atoms with Crippen LogP contribution in [0.4, 0.5) is 4.79 Å². The van der Waals surface area contributed by atoms with Crippen LogP contribution >= 0.6 is 15.9 Å². The maximum Gasteiger partial charge on any atom is 0.315 e. The molecule has 2 amide bonds. The number of urea groups is 1. The Balaban J connectivity index is 2.21. The van der Waals surface area contributed by atoms with Crippen LogP contribution in [0.15, 0.2) is 28.7 Å². The second kappa shape index (κ2) is 8.93. The van der Waals surface area contributed by atoms with Gasteiger partial charge in [0, 0.05) is 24.2 Å². The van der Waals surface area contributed by atoms with Gasteiger partial charge in [-0.15, -0.1) is 0 Å². The molecule has 1 aromatic rings. The van der Waals surface area contributed by atoms with E-state index in [0.717, 1.165) is 17.3 Å². The van der Waals surface area contributed by atoms with E-state index >= 15 is 0 Å². The molecule has 0 spiro atoms. The molecule has 0 saturated heterocycles. The fourth-order valence-electron chi connectivity index (χ4n) is 1.65. The number of halogens is 1. The minimum Gasteiger partial charge on any atom is -0.383 e. The predicted molar refractivity (Wildman–Crippen MR) is 80.3 cm³/mol. The Morgan fingerprint density at radius 3 is 2.68 bits per heavy atom. The number of nitrogens with one attached hydrogen (secondary N) is 2. The van der Waals surface area contributed by atoms with Crippen molar-refractivity contribution in [1.82, 2.24) is 10.6 Å². The lowest BCUT2D eigenvalue weighted by Crippen LogP contribution is -2.42. The van der Waals surface area contributed by atoms with E-state index in [2.05, 4.69) is 38.7 Å². The van der Waals surface area contributed by atoms with Gasteiger partial charge in [0.15, 0.2) is 0 Å². The smallest absolute Gasteiger partial charge is 0.315 e. The van der Waals surface area contributed by atoms with E-state index in [0.29, 0.717) is 13.2 Å². The zero-order chi connectivity index (χ0) is 14.1. The first-order valence-electron chi connectivity index (χ1n) is 6.39. The van der Waals surface area contributed by atoms with Crippen molar-refractivity contribution in [2.24, 2.45) is 0 Å². The average molecular weight is 329 g/mol. The molecule has 0 aliphatic carbocycles. The molecular weight excluding hydrogens is 308 g/mol. The van der Waals surface area contributed by atoms with E-state index in [1.54, 1.807) is 7.11 Å². The molecule has 0 radical (unpaired) electrons. The zero-order valence-electron chi connectivity index (χ0n) is 11.4. The molecule has 106 valence electrons. The van der Waals surface area contributed by atoms with Gasteiger partial charge in [-0.25, -0.2) is 4.79 Å². The van der Waals surface area contributed by atoms with Gasteiger partial charge in [-0.05, 0) is 37.5 Å². The summed E-state index contributed by atoms with van der Waals surface area (Å²) in [5, 5.41) is 5.64. The molecule has 2 N–H and O–H groups in total. The molecule has 0 heterocycles. The summed E-state index contributed by atoms with van der Waals surface area (Å²) >= 11 is 3.41. The standard InChI is InChI=1S/C14H21BrN2O2/c1-11(17-14(18)16-9-10-19-2)3-4-12-5-7-13(15)8-6-12/h5-8,11H,3-4,9-10H2,1-2H3,(H2,16,17,18). The molecule has 5 heteroatoms. The van der Waals surface area contributed by atoms with Gasteiger partial charge in [0.25, 0.3) is 0 Å². The van der Waals surface area contributed by atoms with Gasteiger partial charge >= 0.3 is 6.03 Å². The molecule has 19 heavy (non-hydrogen) atoms. The van der Waals surface area contributed by atoms with E-state index in [9.17, 15) is 4.79 Å². The van der Waals surface area contributed by atoms with Gasteiger partial charge in [0.05, 0.1) is 6.61 Å². The topological polar surface area (TPSA) is 50.4 Å². The molecule has 0 saturated carbocycles. The molecule has 1 rings (SSSR count). The van der Waals surface area contributed by atoms with Crippen LogP contribution in [-0.2, 0) is 11.2 Å². The molecular formula is C14H21BrN2O2. The number of ether oxygens (including phenoxy) is 1. The van der Waals surface area contributed by atoms with E-state index in [4.69, 9.17) is 4.74 Å². The third-order valence-electron chi connectivity index (χ3n) is 2.75. The Bertz CT molecular complexity index is 382. The number of benzene rings is 1. The number of rotatable bonds is 7. The first kappa shape index (κ1) is 16.0. The molecule has 0 aromatic heterocycles. The highest BCUT2D eigenvalue weighted by molar-refractivity contribution is 9.10. The Morgan fingerprint density at radius 1 is 1.37 bits per heavy atom. The second-order valence-electron chi connectivity index (χ2n) is 4.46. The molecule has 0 aliphatic rings. The van der Waals surface area contributed by atoms with Gasteiger partial charge in [-0.3, -0.25) is 0 Å². The molecule has 0 aliphatic heterocycles. The number of hydrogen-bond acceptors (Lipinski definition) is 2. The minimum absolute atomic E-state index is 0.139. The Hall–Kier alpha value is -1.07. The van der Waals surface area contributed by atoms with Crippen LogP contribution in [0, 0.1) is 0 Å². The quantitative estimate of drug-likeness (QED) is 0.756. The Morgan fingerprint density at radius 2 is 2.05 bits per heavy atom. The Kier molecular flexibility index (Phi) is 7.52. The number of carbonyl (C=O) groups is 1. The van der Waals surface area contributed by atoms with E-state index < -0.39 is 0 Å². The lowest BCUT2D eigenvalue weighted by molar-refractivity contribution is 0.195. The summed E-state index contributed by atoms with van der Waals surface area (Å²) in [6.07, 6.45) is 1.87. The average Bonchev–Trinajstić information content (AvgIpc) is 2.38. The van der Waals surface area contributed by atoms with E-state index in [1.165, 1.54) is 5.56 Å². The third-order valence-corrected chi connectivity index (χ3v) is 3.28. The Labute approximate surface area is 123 Å². The predicted octanol–water partition coefficient (Wildman–Crippen LogP) is 2.72. The lowest BCUT2D eigenvalue weighted by atomic mass is 10.1. The highest BCUT2D eigenvalue weighted by Crippen LogP contribution is 2.12. The number of carbonyl (C=O) groups excluding carboxylic acids is 1. The number of hydrogen-bond donors (Lipinski definition) is 2. The summed E-state index contributed by atoms with van der Waals surface area (Å²) in [6, 6.07) is 8.26. The largest absolute Gasteiger partial charge is 0.383 e. The van der Waals surface area contributed by atoms with Gasteiger partial charge in [0.2, 0.25) is 0 Å². The van der Waals surface area contributed by atoms with E-state index in [1.807, 2.05) is 19.1 Å². The lowest BCUT2D eigenvalue weighted by Gasteiger charge is -2.14. The van der Waals surface area contributed by atoms with Crippen molar-refractivity contribution < 1.29 is 9.53 Å². The maximum atomic E-state index is 11.5. The molecule has 0 bridgehead atoms. The van der Waals surface area contributed by atoms with Crippen LogP contribution in [0.1, 0.15) is 18.9 Å². The van der Waals surface area contributed by atoms with Crippen molar-refractivity contribution in [3.05, 3.63) is 34.3 Å². The summed E-state index contributed by atoms with van der Waals surface area (Å²) in [7, 11) is 1.61. The van der Waals surface area contributed by atoms with Gasteiger partial charge in [0.1, 0.15) is 0 Å². The minimum atomic E-state index is -0.139. The number of amides is 2. The maximum absolute atomic E-state index is 11.5. The summed E-state index contributed by atoms with van der Waals surface area (Å²) in [6.45, 7) is 3.07. The monoisotopic (exact) mass is 328 g/mol. The molecule has 1 unspecified atom stereocenters. The number of aryl methyl sites for hydroxylation is 1. The van der Waals surface area contributed by atoms with Crippen LogP contribution in [0.2, 0.25) is 0 Å². The highest BCUT2D eigenvalue weighted by atomic mass is 79.9. The SMILES string of the molecule is COCCNC(=O)NC(C)CCc1ccc(Br)cc1. The van der Waals surface area contributed by atoms with Gasteiger partial charge in [-0.1, -0.05) is 28.1 Å². The van der Waals surface area contributed by atoms with Crippen molar-refractivity contribution in [2.45, 2.75) is 25.8 Å². The van der Waals surface area contributed by atoms with Gasteiger partial charge < -0.3 is 15.4 Å². The summed E-state index contributed by atoms with van der Waals surface area (Å²) in [5.74, 6) is 0. The van der Waals surface area contributed by atoms with Crippen LogP contribution in [0.25, 0.3) is 0 Å². The molecule has 1 atom stereocenters. The van der Waals surface area contributed by atoms with E-state index in [-0.39, 0.29) is 12.1 Å². The highest BCUT2D eigenvalue weighted by Gasteiger charge is 2.06. The summed E-state index contributed by atoms with van der Waals surface area (Å²) < 4.78 is 5.95. The first-order valence-corrected chi connectivity index (χ1v) is 7.19. The van der Waals surface area contributed by atoms with Gasteiger partial charge in [-0.2, -0.15) is 0 Å². The van der Waals surface area contributed by atoms with Crippen LogP contribution in [0.3, 0.4) is 0 Å². The van der Waals surface area contributed by atoms with Crippen molar-refractivity contribution in [3.8, 4) is 0 Å². The summed E-state index contributed by atoms with van der Waals surface area (Å²) in [5.41, 5.74) is 1.27. The number of methoxy groups -OCH3 is 1. The normalized spacial score (nSPS) is 11.9. The first-order chi connectivity index (χ1) is 9.11. The van der Waals surface area contributed by atoms with Crippen molar-refractivity contribution >= 4 is 22.0 Å². The van der Waals surface area contributed by atoms with Crippen molar-refractivity contribution in [2.75, 3.05) is 20.3 Å². The fourth-order valence-corrected chi connectivity index (χ4v) is 1.91. The van der Waals surface area contributed by atoms with Crippen molar-refractivity contribution in [1.29, 1.82) is 0 Å². The molecule has 4 nitrogen and oxygen atoms in total. The van der Waals surface area contributed by atoms with Crippen LogP contribution < -0.4 is 10.6 Å². The molecule has 1 aromatic carbocycles. The van der Waals surface area contributed by atoms with Crippen LogP contribution in [0.5, 0.6) is 0 Å². The summed E-state index contributed by atoms with van der Waals surface area (Å²) in [4.78, 5) is 11.5. The van der Waals surface area contributed by atoms with Crippen LogP contribution in [-0.4, -0.2) is 32.3 Å². The second-order valence-corrected chi connectivity index (χ2v) is 5.37. The third kappa shape index (κ3) is 7.18. The molecule has 0 fully saturated rings. The fraction of sp³-hybridized carbons (Fsp3) is 0.500. The van der Waals surface area contributed by atoms with Crippen molar-refractivity contribution in [3.63, 3.8) is 0 Å².